The molecule has 2 fully saturated rings. The summed E-state index contributed by atoms with van der Waals surface area (Å²) in [7, 11) is 0. The minimum atomic E-state index is 0. The summed E-state index contributed by atoms with van der Waals surface area (Å²) in [6, 6.07) is 32.5. The van der Waals surface area contributed by atoms with Crippen LogP contribution in [0.15, 0.2) is 102 Å². The van der Waals surface area contributed by atoms with Crippen LogP contribution in [0, 0.1) is 13.0 Å². The number of rotatable bonds is 5. The number of pyridine rings is 1. The molecule has 2 aliphatic carbocycles. The maximum atomic E-state index is 4.85. The Kier molecular flexibility index (Phi) is 11.1. The van der Waals surface area contributed by atoms with Gasteiger partial charge in [-0.25, -0.2) is 0 Å². The predicted molar refractivity (Wildman–Crippen MR) is 200 cm³/mol. The van der Waals surface area contributed by atoms with Crippen LogP contribution in [0.25, 0.3) is 38.1 Å². The standard InChI is InChI=1S/C26H17N2.C17H29N2.Ir/c1-17-15-19-13-14-27-25-22-12-11-18-7-5-6-10-21(18)26(22)28(23(16-17)24(19)25)20-8-3-2-4-9-20;1-14(18-16-9-5-3-6-10-16)13-15(2)19-17-11-7-4-8-12-17;/h2-11,13-16H,1H3;13,16-17H,3-12H2,1-2H3;/q2*-1;/b;14-13-,19-15?;. The second kappa shape index (κ2) is 15.6. The Morgan fingerprint density at radius 2 is 1.56 bits per heavy atom. The van der Waals surface area contributed by atoms with Crippen molar-refractivity contribution in [2.45, 2.75) is 97.1 Å². The molecular formula is C43H46IrN4-2. The Morgan fingerprint density at radius 1 is 0.854 bits per heavy atom. The second-order valence-corrected chi connectivity index (χ2v) is 13.6. The first kappa shape index (κ1) is 34.1. The predicted octanol–water partition coefficient (Wildman–Crippen LogP) is 12.3. The van der Waals surface area contributed by atoms with Crippen molar-refractivity contribution in [2.24, 2.45) is 4.99 Å². The minimum absolute atomic E-state index is 0. The van der Waals surface area contributed by atoms with Gasteiger partial charge in [-0.05, 0) is 78.7 Å². The smallest absolute Gasteiger partial charge is 0.0502 e. The zero-order valence-electron chi connectivity index (χ0n) is 28.5. The number of aliphatic imine (C=N–C) groups is 1. The summed E-state index contributed by atoms with van der Waals surface area (Å²) in [5.74, 6) is 0. The molecule has 0 unspecified atom stereocenters. The van der Waals surface area contributed by atoms with E-state index in [0.29, 0.717) is 12.1 Å². The van der Waals surface area contributed by atoms with E-state index in [4.69, 9.17) is 15.3 Å². The summed E-state index contributed by atoms with van der Waals surface area (Å²) in [5, 5.41) is 9.66. The third-order valence-electron chi connectivity index (χ3n) is 9.87. The molecule has 5 heteroatoms. The van der Waals surface area contributed by atoms with E-state index in [1.807, 2.05) is 6.20 Å². The van der Waals surface area contributed by atoms with Gasteiger partial charge >= 0.3 is 0 Å². The number of nitrogens with zero attached hydrogens (tertiary/aromatic N) is 4. The third-order valence-corrected chi connectivity index (χ3v) is 9.87. The van der Waals surface area contributed by atoms with Crippen LogP contribution in [-0.2, 0) is 20.1 Å². The average molecular weight is 811 g/mol. The minimum Gasteiger partial charge on any atom is -0.685 e. The molecular weight excluding hydrogens is 765 g/mol. The fourth-order valence-electron chi connectivity index (χ4n) is 7.75. The number of para-hydroxylation sites is 1. The van der Waals surface area contributed by atoms with Crippen LogP contribution in [0.5, 0.6) is 0 Å². The van der Waals surface area contributed by atoms with Crippen molar-refractivity contribution in [1.29, 1.82) is 0 Å². The Labute approximate surface area is 300 Å². The van der Waals surface area contributed by atoms with Gasteiger partial charge in [0.15, 0.2) is 0 Å². The van der Waals surface area contributed by atoms with Crippen molar-refractivity contribution in [1.82, 2.24) is 4.98 Å². The first-order valence-corrected chi connectivity index (χ1v) is 17.7. The number of hydrogen-bond donors (Lipinski definition) is 0. The summed E-state index contributed by atoms with van der Waals surface area (Å²) >= 11 is 0. The SMILES string of the molecule is CC(/C=C(/C)[N-]C1CCCCC1)=NC1CCCCC1.Cc1cc2c3c(nccc3c1)-c1[c-]cc3ccccc3c1N2c1ccccc1.[Ir]. The first-order valence-electron chi connectivity index (χ1n) is 17.7. The van der Waals surface area contributed by atoms with Gasteiger partial charge in [-0.1, -0.05) is 124 Å². The Balaban J connectivity index is 0.000000177. The Bertz CT molecular complexity index is 1920. The number of anilines is 3. The van der Waals surface area contributed by atoms with Crippen molar-refractivity contribution in [3.8, 4) is 11.3 Å². The van der Waals surface area contributed by atoms with E-state index < -0.39 is 0 Å². The van der Waals surface area contributed by atoms with Gasteiger partial charge < -0.3 is 15.2 Å². The number of fused-ring (bicyclic) bond motifs is 4. The number of hydrogen-bond acceptors (Lipinski definition) is 3. The molecule has 3 aliphatic rings. The van der Waals surface area contributed by atoms with Gasteiger partial charge in [0, 0.05) is 43.4 Å². The van der Waals surface area contributed by atoms with E-state index in [2.05, 4.69) is 117 Å². The van der Waals surface area contributed by atoms with Gasteiger partial charge in [0.25, 0.3) is 0 Å². The van der Waals surface area contributed by atoms with E-state index >= 15 is 0 Å². The summed E-state index contributed by atoms with van der Waals surface area (Å²) in [4.78, 5) is 12.0. The van der Waals surface area contributed by atoms with Crippen molar-refractivity contribution >= 4 is 44.3 Å². The zero-order chi connectivity index (χ0) is 32.2. The van der Waals surface area contributed by atoms with E-state index in [1.54, 1.807) is 0 Å². The van der Waals surface area contributed by atoms with Crippen molar-refractivity contribution in [3.05, 3.63) is 114 Å². The molecule has 4 nitrogen and oxygen atoms in total. The molecule has 2 heterocycles. The molecule has 2 saturated carbocycles. The molecule has 48 heavy (non-hydrogen) atoms. The van der Waals surface area contributed by atoms with Gasteiger partial charge in [-0.2, -0.15) is 5.70 Å². The van der Waals surface area contributed by atoms with Crippen molar-refractivity contribution < 1.29 is 20.1 Å². The van der Waals surface area contributed by atoms with E-state index in [-0.39, 0.29) is 20.1 Å². The maximum Gasteiger partial charge on any atom is 0.0502 e. The number of allylic oxidation sites excluding steroid dienone is 2. The van der Waals surface area contributed by atoms with Gasteiger partial charge in [0.1, 0.15) is 0 Å². The summed E-state index contributed by atoms with van der Waals surface area (Å²) in [5.41, 5.74) is 9.14. The average Bonchev–Trinajstić information content (AvgIpc) is 3.09. The van der Waals surface area contributed by atoms with Crippen LogP contribution in [0.4, 0.5) is 17.1 Å². The van der Waals surface area contributed by atoms with Crippen molar-refractivity contribution in [2.75, 3.05) is 4.90 Å². The summed E-state index contributed by atoms with van der Waals surface area (Å²) in [6.45, 7) is 6.42. The molecule has 0 atom stereocenters. The molecule has 249 valence electrons. The number of benzene rings is 4. The summed E-state index contributed by atoms with van der Waals surface area (Å²) < 4.78 is 0. The van der Waals surface area contributed by atoms with E-state index in [0.717, 1.165) is 22.6 Å². The molecule has 1 aromatic heterocycles. The maximum absolute atomic E-state index is 4.85. The van der Waals surface area contributed by atoms with E-state index in [1.165, 1.54) is 108 Å². The Hall–Kier alpha value is -3.79. The normalized spacial score (nSPS) is 16.9. The summed E-state index contributed by atoms with van der Waals surface area (Å²) in [6.07, 6.45) is 17.4. The largest absolute Gasteiger partial charge is 0.685 e. The van der Waals surface area contributed by atoms with Crippen LogP contribution in [0.1, 0.15) is 83.6 Å². The van der Waals surface area contributed by atoms with Crippen LogP contribution in [0.2, 0.25) is 0 Å². The Morgan fingerprint density at radius 3 is 2.33 bits per heavy atom. The molecule has 1 aliphatic heterocycles. The third kappa shape index (κ3) is 7.43. The topological polar surface area (TPSA) is 42.6 Å². The van der Waals surface area contributed by atoms with E-state index in [9.17, 15) is 0 Å². The molecule has 5 aromatic rings. The molecule has 0 N–H and O–H groups in total. The number of aromatic nitrogens is 1. The fourth-order valence-corrected chi connectivity index (χ4v) is 7.75. The van der Waals surface area contributed by atoms with Gasteiger partial charge in [0.2, 0.25) is 0 Å². The zero-order valence-corrected chi connectivity index (χ0v) is 30.9. The van der Waals surface area contributed by atoms with Gasteiger partial charge in [-0.3, -0.25) is 4.99 Å². The monoisotopic (exact) mass is 811 g/mol. The van der Waals surface area contributed by atoms with Crippen LogP contribution < -0.4 is 4.90 Å². The molecule has 0 amide bonds. The number of aryl methyl sites for hydroxylation is 1. The molecule has 8 rings (SSSR count). The van der Waals surface area contributed by atoms with Crippen LogP contribution in [0.3, 0.4) is 0 Å². The molecule has 4 aromatic carbocycles. The molecule has 0 spiro atoms. The molecule has 1 radical (unpaired) electrons. The van der Waals surface area contributed by atoms with Crippen molar-refractivity contribution in [3.63, 3.8) is 0 Å². The van der Waals surface area contributed by atoms with Crippen LogP contribution in [-0.4, -0.2) is 22.8 Å². The fraction of sp³-hybridized carbons (Fsp3) is 0.349. The van der Waals surface area contributed by atoms with Gasteiger partial charge in [0.05, 0.1) is 6.04 Å². The van der Waals surface area contributed by atoms with Gasteiger partial charge in [-0.15, -0.1) is 23.7 Å². The second-order valence-electron chi connectivity index (χ2n) is 13.6. The molecule has 0 bridgehead atoms. The first-order chi connectivity index (χ1) is 23.0. The molecule has 0 saturated heterocycles. The van der Waals surface area contributed by atoms with Crippen LogP contribution >= 0.6 is 0 Å². The quantitative estimate of drug-likeness (QED) is 0.129.